The van der Waals surface area contributed by atoms with E-state index in [4.69, 9.17) is 10.5 Å². The highest BCUT2D eigenvalue weighted by atomic mass is 16.5. The minimum absolute atomic E-state index is 0.541. The molecular weight excluding hydrogens is 224 g/mol. The molecule has 94 valence electrons. The van der Waals surface area contributed by atoms with Gasteiger partial charge in [0, 0.05) is 18.8 Å². The Hall–Kier alpha value is -2.00. The zero-order valence-electron chi connectivity index (χ0n) is 10.3. The number of nitrogens with two attached hydrogens (primary N) is 1. The first-order chi connectivity index (χ1) is 8.88. The first-order valence-electron chi connectivity index (χ1n) is 6.09. The lowest BCUT2D eigenvalue weighted by Gasteiger charge is -2.09. The third-order valence-corrected chi connectivity index (χ3v) is 2.61. The van der Waals surface area contributed by atoms with Gasteiger partial charge in [0.1, 0.15) is 12.4 Å². The van der Waals surface area contributed by atoms with Gasteiger partial charge in [-0.2, -0.15) is 0 Å². The first-order valence-corrected chi connectivity index (χ1v) is 6.09. The van der Waals surface area contributed by atoms with Gasteiger partial charge in [0.25, 0.3) is 0 Å². The maximum absolute atomic E-state index is 5.65. The van der Waals surface area contributed by atoms with E-state index in [-0.39, 0.29) is 0 Å². The summed E-state index contributed by atoms with van der Waals surface area (Å²) in [5, 5.41) is 3.29. The molecular formula is C15H18N2O. The summed E-state index contributed by atoms with van der Waals surface area (Å²) >= 11 is 0. The quantitative estimate of drug-likeness (QED) is 0.765. The topological polar surface area (TPSA) is 47.3 Å². The van der Waals surface area contributed by atoms with Crippen LogP contribution in [-0.4, -0.2) is 13.2 Å². The van der Waals surface area contributed by atoms with Gasteiger partial charge in [0.15, 0.2) is 0 Å². The fourth-order valence-corrected chi connectivity index (χ4v) is 1.68. The van der Waals surface area contributed by atoms with Crippen molar-refractivity contribution >= 4 is 5.69 Å². The van der Waals surface area contributed by atoms with Crippen LogP contribution in [0.5, 0.6) is 5.75 Å². The number of para-hydroxylation sites is 1. The molecule has 2 rings (SSSR count). The van der Waals surface area contributed by atoms with Crippen LogP contribution in [0.15, 0.2) is 54.6 Å². The Morgan fingerprint density at radius 1 is 1.00 bits per heavy atom. The summed E-state index contributed by atoms with van der Waals surface area (Å²) < 4.78 is 5.65. The summed E-state index contributed by atoms with van der Waals surface area (Å²) in [6, 6.07) is 18.0. The summed E-state index contributed by atoms with van der Waals surface area (Å²) in [5.41, 5.74) is 7.78. The molecule has 0 radical (unpaired) electrons. The van der Waals surface area contributed by atoms with Crippen LogP contribution in [-0.2, 0) is 6.54 Å². The molecule has 0 saturated heterocycles. The van der Waals surface area contributed by atoms with Crippen molar-refractivity contribution in [1.29, 1.82) is 0 Å². The monoisotopic (exact) mass is 242 g/mol. The lowest BCUT2D eigenvalue weighted by atomic mass is 10.2. The van der Waals surface area contributed by atoms with Crippen molar-refractivity contribution < 1.29 is 4.74 Å². The molecule has 2 aromatic rings. The average Bonchev–Trinajstić information content (AvgIpc) is 2.45. The van der Waals surface area contributed by atoms with E-state index in [0.717, 1.165) is 23.5 Å². The van der Waals surface area contributed by atoms with E-state index in [9.17, 15) is 0 Å². The van der Waals surface area contributed by atoms with E-state index in [1.54, 1.807) is 0 Å². The van der Waals surface area contributed by atoms with Crippen LogP contribution >= 0.6 is 0 Å². The molecule has 0 amide bonds. The smallest absolute Gasteiger partial charge is 0.119 e. The first kappa shape index (κ1) is 12.5. The van der Waals surface area contributed by atoms with Gasteiger partial charge in [0.2, 0.25) is 0 Å². The van der Waals surface area contributed by atoms with Crippen molar-refractivity contribution in [2.45, 2.75) is 6.54 Å². The molecule has 0 unspecified atom stereocenters. The van der Waals surface area contributed by atoms with E-state index >= 15 is 0 Å². The normalized spacial score (nSPS) is 10.1. The number of rotatable bonds is 6. The van der Waals surface area contributed by atoms with Crippen LogP contribution in [0.1, 0.15) is 5.56 Å². The molecule has 18 heavy (non-hydrogen) atoms. The van der Waals surface area contributed by atoms with Crippen molar-refractivity contribution in [1.82, 2.24) is 0 Å². The lowest BCUT2D eigenvalue weighted by molar-refractivity contribution is 0.332. The Bertz CT molecular complexity index is 471. The highest BCUT2D eigenvalue weighted by molar-refractivity contribution is 5.42. The lowest BCUT2D eigenvalue weighted by Crippen LogP contribution is -2.11. The van der Waals surface area contributed by atoms with E-state index in [2.05, 4.69) is 5.32 Å². The van der Waals surface area contributed by atoms with Gasteiger partial charge in [0.05, 0.1) is 0 Å². The highest BCUT2D eigenvalue weighted by Crippen LogP contribution is 2.12. The van der Waals surface area contributed by atoms with Crippen molar-refractivity contribution in [3.05, 3.63) is 60.2 Å². The van der Waals surface area contributed by atoms with E-state index in [1.807, 2.05) is 54.6 Å². The SMILES string of the molecule is NCc1cccc(OCCNc2ccccc2)c1. The second-order valence-corrected chi connectivity index (χ2v) is 3.99. The third kappa shape index (κ3) is 3.79. The van der Waals surface area contributed by atoms with Gasteiger partial charge in [-0.25, -0.2) is 0 Å². The predicted molar refractivity (Wildman–Crippen MR) is 74.8 cm³/mol. The minimum atomic E-state index is 0.541. The molecule has 0 saturated carbocycles. The summed E-state index contributed by atoms with van der Waals surface area (Å²) in [6.07, 6.45) is 0. The zero-order valence-corrected chi connectivity index (χ0v) is 10.3. The molecule has 0 aromatic heterocycles. The summed E-state index contributed by atoms with van der Waals surface area (Å²) in [6.45, 7) is 1.94. The fraction of sp³-hybridized carbons (Fsp3) is 0.200. The second-order valence-electron chi connectivity index (χ2n) is 3.99. The van der Waals surface area contributed by atoms with Crippen molar-refractivity contribution in [3.8, 4) is 5.75 Å². The summed E-state index contributed by atoms with van der Waals surface area (Å²) in [5.74, 6) is 0.868. The Labute approximate surface area is 108 Å². The Morgan fingerprint density at radius 2 is 1.83 bits per heavy atom. The van der Waals surface area contributed by atoms with Crippen LogP contribution in [0, 0.1) is 0 Å². The molecule has 0 atom stereocenters. The molecule has 3 nitrogen and oxygen atoms in total. The zero-order chi connectivity index (χ0) is 12.6. The Kier molecular flexibility index (Phi) is 4.61. The fourth-order valence-electron chi connectivity index (χ4n) is 1.68. The second kappa shape index (κ2) is 6.67. The molecule has 0 heterocycles. The van der Waals surface area contributed by atoms with E-state index in [0.29, 0.717) is 13.2 Å². The van der Waals surface area contributed by atoms with Crippen LogP contribution in [0.2, 0.25) is 0 Å². The van der Waals surface area contributed by atoms with Crippen LogP contribution in [0.3, 0.4) is 0 Å². The number of nitrogens with one attached hydrogen (secondary N) is 1. The standard InChI is InChI=1S/C15H18N2O/c16-12-13-5-4-8-15(11-13)18-10-9-17-14-6-2-1-3-7-14/h1-8,11,17H,9-10,12,16H2. The third-order valence-electron chi connectivity index (χ3n) is 2.61. The molecule has 0 spiro atoms. The van der Waals surface area contributed by atoms with Gasteiger partial charge in [-0.05, 0) is 29.8 Å². The molecule has 0 aliphatic carbocycles. The van der Waals surface area contributed by atoms with Crippen LogP contribution < -0.4 is 15.8 Å². The van der Waals surface area contributed by atoms with Crippen LogP contribution in [0.25, 0.3) is 0 Å². The minimum Gasteiger partial charge on any atom is -0.492 e. The number of benzene rings is 2. The van der Waals surface area contributed by atoms with Gasteiger partial charge >= 0.3 is 0 Å². The summed E-state index contributed by atoms with van der Waals surface area (Å²) in [7, 11) is 0. The van der Waals surface area contributed by atoms with Gasteiger partial charge in [-0.3, -0.25) is 0 Å². The maximum Gasteiger partial charge on any atom is 0.119 e. The highest BCUT2D eigenvalue weighted by Gasteiger charge is 1.95. The van der Waals surface area contributed by atoms with Crippen molar-refractivity contribution in [3.63, 3.8) is 0 Å². The number of hydrogen-bond donors (Lipinski definition) is 2. The molecule has 3 N–H and O–H groups in total. The number of hydrogen-bond acceptors (Lipinski definition) is 3. The number of ether oxygens (including phenoxy) is 1. The van der Waals surface area contributed by atoms with Gasteiger partial charge in [-0.1, -0.05) is 30.3 Å². The van der Waals surface area contributed by atoms with Crippen molar-refractivity contribution in [2.24, 2.45) is 5.73 Å². The van der Waals surface area contributed by atoms with Crippen LogP contribution in [0.4, 0.5) is 5.69 Å². The van der Waals surface area contributed by atoms with E-state index < -0.39 is 0 Å². The van der Waals surface area contributed by atoms with E-state index in [1.165, 1.54) is 0 Å². The molecule has 0 bridgehead atoms. The molecule has 2 aromatic carbocycles. The summed E-state index contributed by atoms with van der Waals surface area (Å²) in [4.78, 5) is 0. The molecule has 0 aliphatic rings. The molecule has 0 fully saturated rings. The van der Waals surface area contributed by atoms with Crippen molar-refractivity contribution in [2.75, 3.05) is 18.5 Å². The molecule has 0 aliphatic heterocycles. The largest absolute Gasteiger partial charge is 0.492 e. The molecule has 3 heteroatoms. The average molecular weight is 242 g/mol. The Balaban J connectivity index is 1.75. The predicted octanol–water partition coefficient (Wildman–Crippen LogP) is 2.64. The van der Waals surface area contributed by atoms with Gasteiger partial charge in [-0.15, -0.1) is 0 Å². The Morgan fingerprint density at radius 3 is 2.61 bits per heavy atom. The maximum atomic E-state index is 5.65. The van der Waals surface area contributed by atoms with Gasteiger partial charge < -0.3 is 15.8 Å². The number of anilines is 1.